The number of azide groups is 1. The Morgan fingerprint density at radius 2 is 2.29 bits per heavy atom. The highest BCUT2D eigenvalue weighted by molar-refractivity contribution is 7.19. The lowest BCUT2D eigenvalue weighted by atomic mass is 10.2. The Morgan fingerprint density at radius 1 is 1.52 bits per heavy atom. The van der Waals surface area contributed by atoms with Crippen molar-refractivity contribution in [2.24, 2.45) is 5.11 Å². The maximum absolute atomic E-state index is 11.8. The molecule has 0 aliphatic carbocycles. The molecule has 0 fully saturated rings. The van der Waals surface area contributed by atoms with Gasteiger partial charge < -0.3 is 4.74 Å². The van der Waals surface area contributed by atoms with Gasteiger partial charge in [-0.05, 0) is 32.4 Å². The van der Waals surface area contributed by atoms with Crippen molar-refractivity contribution in [3.8, 4) is 0 Å². The van der Waals surface area contributed by atoms with E-state index in [-0.39, 0.29) is 6.54 Å². The first-order valence-corrected chi connectivity index (χ1v) is 7.08. The Labute approximate surface area is 125 Å². The van der Waals surface area contributed by atoms with E-state index in [4.69, 9.17) is 10.3 Å². The lowest BCUT2D eigenvalue weighted by molar-refractivity contribution is 0.0636. The van der Waals surface area contributed by atoms with Crippen LogP contribution in [0.25, 0.3) is 20.5 Å². The van der Waals surface area contributed by atoms with Crippen molar-refractivity contribution in [1.82, 2.24) is 4.98 Å². The minimum atomic E-state index is -0.562. The van der Waals surface area contributed by atoms with Gasteiger partial charge in [0.2, 0.25) is 0 Å². The Morgan fingerprint density at radius 3 is 2.95 bits per heavy atom. The van der Waals surface area contributed by atoms with E-state index in [9.17, 15) is 4.79 Å². The SMILES string of the molecule is CC(C)(C)OC(=O)Nc1cncc2cc(CN=[N+]=[N-])sc12. The molecule has 1 N–H and O–H groups in total. The number of carbonyl (C=O) groups excluding carboxylic acids is 1. The van der Waals surface area contributed by atoms with E-state index in [1.165, 1.54) is 11.3 Å². The normalized spacial score (nSPS) is 11.0. The smallest absolute Gasteiger partial charge is 0.412 e. The molecule has 0 spiro atoms. The fourth-order valence-corrected chi connectivity index (χ4v) is 2.71. The molecule has 0 radical (unpaired) electrons. The molecule has 2 aromatic rings. The molecule has 1 amide bonds. The van der Waals surface area contributed by atoms with Crippen molar-refractivity contribution in [2.45, 2.75) is 32.9 Å². The van der Waals surface area contributed by atoms with Crippen molar-refractivity contribution < 1.29 is 9.53 Å². The monoisotopic (exact) mass is 305 g/mol. The van der Waals surface area contributed by atoms with Gasteiger partial charge in [-0.15, -0.1) is 11.3 Å². The zero-order valence-electron chi connectivity index (χ0n) is 12.0. The molecular weight excluding hydrogens is 290 g/mol. The number of aromatic nitrogens is 1. The highest BCUT2D eigenvalue weighted by atomic mass is 32.1. The van der Waals surface area contributed by atoms with Crippen LogP contribution in [0.4, 0.5) is 10.5 Å². The molecule has 110 valence electrons. The zero-order chi connectivity index (χ0) is 15.5. The molecule has 0 unspecified atom stereocenters. The molecule has 21 heavy (non-hydrogen) atoms. The molecule has 0 saturated carbocycles. The standard InChI is InChI=1S/C13H15N5O2S/c1-13(2,3)20-12(19)17-10-7-15-5-8-4-9(6-16-18-14)21-11(8)10/h4-5,7H,6H2,1-3H3,(H,17,19). The lowest BCUT2D eigenvalue weighted by Gasteiger charge is -2.19. The Bertz CT molecular complexity index is 713. The number of rotatable bonds is 3. The van der Waals surface area contributed by atoms with Crippen LogP contribution in [0.3, 0.4) is 0 Å². The third-order valence-electron chi connectivity index (χ3n) is 2.40. The van der Waals surface area contributed by atoms with Crippen LogP contribution in [-0.4, -0.2) is 16.7 Å². The van der Waals surface area contributed by atoms with Gasteiger partial charge in [0.15, 0.2) is 0 Å². The van der Waals surface area contributed by atoms with Crippen molar-refractivity contribution in [1.29, 1.82) is 0 Å². The molecule has 0 aromatic carbocycles. The van der Waals surface area contributed by atoms with E-state index in [1.807, 2.05) is 6.07 Å². The largest absolute Gasteiger partial charge is 0.444 e. The minimum Gasteiger partial charge on any atom is -0.444 e. The number of fused-ring (bicyclic) bond motifs is 1. The average molecular weight is 305 g/mol. The number of nitrogens with zero attached hydrogens (tertiary/aromatic N) is 4. The lowest BCUT2D eigenvalue weighted by Crippen LogP contribution is -2.27. The number of anilines is 1. The summed E-state index contributed by atoms with van der Waals surface area (Å²) in [6.07, 6.45) is 2.74. The quantitative estimate of drug-likeness (QED) is 0.515. The summed E-state index contributed by atoms with van der Waals surface area (Å²) >= 11 is 1.45. The molecule has 0 saturated heterocycles. The summed E-state index contributed by atoms with van der Waals surface area (Å²) in [4.78, 5) is 19.6. The molecule has 2 rings (SSSR count). The highest BCUT2D eigenvalue weighted by Gasteiger charge is 2.17. The van der Waals surface area contributed by atoms with Gasteiger partial charge >= 0.3 is 6.09 Å². The highest BCUT2D eigenvalue weighted by Crippen LogP contribution is 2.31. The maximum Gasteiger partial charge on any atom is 0.412 e. The van der Waals surface area contributed by atoms with E-state index in [1.54, 1.807) is 33.2 Å². The number of hydrogen-bond acceptors (Lipinski definition) is 5. The van der Waals surface area contributed by atoms with Crippen LogP contribution in [0.5, 0.6) is 0 Å². The van der Waals surface area contributed by atoms with Crippen LogP contribution in [0, 0.1) is 0 Å². The van der Waals surface area contributed by atoms with E-state index < -0.39 is 11.7 Å². The van der Waals surface area contributed by atoms with Crippen molar-refractivity contribution in [3.05, 3.63) is 33.8 Å². The number of ether oxygens (including phenoxy) is 1. The number of pyridine rings is 1. The average Bonchev–Trinajstić information content (AvgIpc) is 2.78. The van der Waals surface area contributed by atoms with Gasteiger partial charge in [-0.3, -0.25) is 10.3 Å². The fourth-order valence-electron chi connectivity index (χ4n) is 1.70. The number of nitrogens with one attached hydrogen (secondary N) is 1. The van der Waals surface area contributed by atoms with E-state index >= 15 is 0 Å². The van der Waals surface area contributed by atoms with E-state index in [0.29, 0.717) is 5.69 Å². The summed E-state index contributed by atoms with van der Waals surface area (Å²) < 4.78 is 6.10. The summed E-state index contributed by atoms with van der Waals surface area (Å²) in [7, 11) is 0. The summed E-state index contributed by atoms with van der Waals surface area (Å²) in [6.45, 7) is 5.68. The molecule has 0 atom stereocenters. The van der Waals surface area contributed by atoms with Crippen LogP contribution >= 0.6 is 11.3 Å². The first-order valence-electron chi connectivity index (χ1n) is 6.26. The number of hydrogen-bond donors (Lipinski definition) is 1. The first-order chi connectivity index (χ1) is 9.89. The van der Waals surface area contributed by atoms with Gasteiger partial charge in [-0.2, -0.15) is 0 Å². The molecule has 0 bridgehead atoms. The van der Waals surface area contributed by atoms with Crippen LogP contribution in [0.2, 0.25) is 0 Å². The third-order valence-corrected chi connectivity index (χ3v) is 3.57. The zero-order valence-corrected chi connectivity index (χ0v) is 12.8. The van der Waals surface area contributed by atoms with Gasteiger partial charge in [0, 0.05) is 21.4 Å². The third kappa shape index (κ3) is 4.08. The van der Waals surface area contributed by atoms with Gasteiger partial charge in [0.1, 0.15) is 5.60 Å². The van der Waals surface area contributed by atoms with Crippen molar-refractivity contribution in [2.75, 3.05) is 5.32 Å². The van der Waals surface area contributed by atoms with E-state index in [0.717, 1.165) is 15.0 Å². The number of carbonyl (C=O) groups is 1. The molecule has 8 heteroatoms. The second-order valence-electron chi connectivity index (χ2n) is 5.33. The van der Waals surface area contributed by atoms with Crippen molar-refractivity contribution in [3.63, 3.8) is 0 Å². The van der Waals surface area contributed by atoms with Crippen LogP contribution < -0.4 is 5.32 Å². The minimum absolute atomic E-state index is 0.279. The van der Waals surface area contributed by atoms with Gasteiger partial charge in [-0.25, -0.2) is 4.79 Å². The summed E-state index contributed by atoms with van der Waals surface area (Å²) in [5.74, 6) is 0. The second kappa shape index (κ2) is 5.99. The summed E-state index contributed by atoms with van der Waals surface area (Å²) in [5.41, 5.74) is 8.38. The van der Waals surface area contributed by atoms with Crippen LogP contribution in [-0.2, 0) is 11.3 Å². The maximum atomic E-state index is 11.8. The van der Waals surface area contributed by atoms with Gasteiger partial charge in [0.05, 0.1) is 23.1 Å². The Kier molecular flexibility index (Phi) is 4.30. The summed E-state index contributed by atoms with van der Waals surface area (Å²) in [5, 5.41) is 7.11. The summed E-state index contributed by atoms with van der Waals surface area (Å²) in [6, 6.07) is 1.89. The topological polar surface area (TPSA) is 100.0 Å². The van der Waals surface area contributed by atoms with Gasteiger partial charge in [0.25, 0.3) is 0 Å². The molecule has 0 aliphatic rings. The number of thiophene rings is 1. The fraction of sp³-hybridized carbons (Fsp3) is 0.385. The molecule has 2 aromatic heterocycles. The molecule has 0 aliphatic heterocycles. The van der Waals surface area contributed by atoms with E-state index in [2.05, 4.69) is 20.3 Å². The molecule has 7 nitrogen and oxygen atoms in total. The van der Waals surface area contributed by atoms with Crippen LogP contribution in [0.15, 0.2) is 23.6 Å². The Hall–Kier alpha value is -2.31. The van der Waals surface area contributed by atoms with Crippen molar-refractivity contribution >= 4 is 33.2 Å². The predicted octanol–water partition coefficient (Wildman–Crippen LogP) is 4.45. The van der Waals surface area contributed by atoms with Gasteiger partial charge in [-0.1, -0.05) is 5.11 Å². The number of amides is 1. The second-order valence-corrected chi connectivity index (χ2v) is 6.47. The molecule has 2 heterocycles. The first kappa shape index (κ1) is 15.1. The molecular formula is C13H15N5O2S. The van der Waals surface area contributed by atoms with Crippen LogP contribution in [0.1, 0.15) is 25.6 Å². The Balaban J connectivity index is 2.25. The predicted molar refractivity (Wildman–Crippen MR) is 82.3 cm³/mol.